The molecule has 1 saturated carbocycles. The van der Waals surface area contributed by atoms with Crippen LogP contribution in [0.4, 0.5) is 0 Å². The number of carbonyl (C=O) groups is 2. The van der Waals surface area contributed by atoms with Crippen molar-refractivity contribution in [3.05, 3.63) is 0 Å². The summed E-state index contributed by atoms with van der Waals surface area (Å²) < 4.78 is 5.40. The Balaban J connectivity index is 0.000000595. The van der Waals surface area contributed by atoms with E-state index in [1.807, 2.05) is 0 Å². The zero-order valence-corrected chi connectivity index (χ0v) is 14.0. The highest BCUT2D eigenvalue weighted by Crippen LogP contribution is 2.36. The fraction of sp³-hybridized carbons (Fsp3) is 0.882. The molecule has 0 aromatic carbocycles. The number of carbonyl (C=O) groups excluding carboxylic acids is 1. The Bertz CT molecular complexity index is 371. The molecular weight excluding hydrogens is 296 g/mol. The fourth-order valence-electron chi connectivity index (χ4n) is 4.11. The summed E-state index contributed by atoms with van der Waals surface area (Å²) in [5.41, 5.74) is -0.186. The van der Waals surface area contributed by atoms with Crippen molar-refractivity contribution in [2.45, 2.75) is 56.9 Å². The van der Waals surface area contributed by atoms with Crippen molar-refractivity contribution >= 4 is 12.4 Å². The third kappa shape index (κ3) is 4.67. The molecule has 2 heterocycles. The van der Waals surface area contributed by atoms with Gasteiger partial charge in [0.05, 0.1) is 6.61 Å². The van der Waals surface area contributed by atoms with Gasteiger partial charge in [0.2, 0.25) is 5.91 Å². The summed E-state index contributed by atoms with van der Waals surface area (Å²) in [6.07, 6.45) is 9.42. The summed E-state index contributed by atoms with van der Waals surface area (Å²) in [6.45, 7) is 4.45. The van der Waals surface area contributed by atoms with Crippen LogP contribution in [-0.4, -0.2) is 60.8 Å². The lowest BCUT2D eigenvalue weighted by Crippen LogP contribution is -2.59. The summed E-state index contributed by atoms with van der Waals surface area (Å²) in [4.78, 5) is 23.7. The third-order valence-corrected chi connectivity index (χ3v) is 5.39. The van der Waals surface area contributed by atoms with Crippen molar-refractivity contribution in [1.82, 2.24) is 10.2 Å². The maximum Gasteiger partial charge on any atom is 0.290 e. The summed E-state index contributed by atoms with van der Waals surface area (Å²) in [6, 6.07) is 0. The van der Waals surface area contributed by atoms with E-state index in [2.05, 4.69) is 10.2 Å². The van der Waals surface area contributed by atoms with E-state index in [9.17, 15) is 4.79 Å². The van der Waals surface area contributed by atoms with Crippen LogP contribution in [0, 0.1) is 5.92 Å². The summed E-state index contributed by atoms with van der Waals surface area (Å²) in [7, 11) is 0. The lowest BCUT2D eigenvalue weighted by atomic mass is 9.79. The number of amides is 1. The maximum atomic E-state index is 12.9. The normalized spacial score (nSPS) is 27.0. The molecule has 0 radical (unpaired) electrons. The van der Waals surface area contributed by atoms with E-state index in [1.54, 1.807) is 0 Å². The molecule has 2 aliphatic heterocycles. The maximum absolute atomic E-state index is 12.9. The van der Waals surface area contributed by atoms with Crippen molar-refractivity contribution in [2.75, 3.05) is 32.8 Å². The molecular formula is C17H30N2O4. The van der Waals surface area contributed by atoms with Gasteiger partial charge in [-0.1, -0.05) is 19.3 Å². The number of nitrogens with zero attached hydrogens (tertiary/aromatic N) is 1. The number of hydrogen-bond acceptors (Lipinski definition) is 4. The van der Waals surface area contributed by atoms with Crippen molar-refractivity contribution in [3.8, 4) is 0 Å². The Morgan fingerprint density at radius 1 is 1.22 bits per heavy atom. The van der Waals surface area contributed by atoms with E-state index in [1.165, 1.54) is 32.1 Å². The van der Waals surface area contributed by atoms with Crippen molar-refractivity contribution in [1.29, 1.82) is 0 Å². The molecule has 2 saturated heterocycles. The first-order chi connectivity index (χ1) is 11.2. The van der Waals surface area contributed by atoms with Gasteiger partial charge in [-0.2, -0.15) is 0 Å². The zero-order chi connectivity index (χ0) is 16.5. The van der Waals surface area contributed by atoms with E-state index < -0.39 is 0 Å². The predicted molar refractivity (Wildman–Crippen MR) is 87.3 cm³/mol. The Morgan fingerprint density at radius 3 is 2.43 bits per heavy atom. The fourth-order valence-corrected chi connectivity index (χ4v) is 4.11. The number of likely N-dealkylation sites (tertiary alicyclic amines) is 1. The van der Waals surface area contributed by atoms with Crippen LogP contribution in [0.1, 0.15) is 51.4 Å². The molecule has 0 spiro atoms. The van der Waals surface area contributed by atoms with Crippen LogP contribution in [0.2, 0.25) is 0 Å². The number of nitrogens with one attached hydrogen (secondary N) is 1. The largest absolute Gasteiger partial charge is 0.483 e. The molecule has 0 bridgehead atoms. The SMILES string of the molecule is O=C(NCC1CCOC1)C1(N2CCCC2)CCCCC1.O=CO. The third-order valence-electron chi connectivity index (χ3n) is 5.39. The molecule has 2 N–H and O–H groups in total. The van der Waals surface area contributed by atoms with E-state index >= 15 is 0 Å². The molecule has 6 nitrogen and oxygen atoms in total. The first-order valence-corrected chi connectivity index (χ1v) is 8.92. The highest BCUT2D eigenvalue weighted by atomic mass is 16.5. The number of rotatable bonds is 4. The van der Waals surface area contributed by atoms with E-state index in [0.717, 1.165) is 52.1 Å². The van der Waals surface area contributed by atoms with Gasteiger partial charge in [-0.3, -0.25) is 14.5 Å². The summed E-state index contributed by atoms with van der Waals surface area (Å²) in [5.74, 6) is 0.823. The molecule has 132 valence electrons. The van der Waals surface area contributed by atoms with Gasteiger partial charge in [-0.15, -0.1) is 0 Å². The topological polar surface area (TPSA) is 78.9 Å². The van der Waals surface area contributed by atoms with E-state index in [-0.39, 0.29) is 12.0 Å². The minimum atomic E-state index is -0.250. The van der Waals surface area contributed by atoms with Crippen LogP contribution in [0.25, 0.3) is 0 Å². The molecule has 0 aromatic rings. The monoisotopic (exact) mass is 326 g/mol. The minimum Gasteiger partial charge on any atom is -0.483 e. The van der Waals surface area contributed by atoms with Gasteiger partial charge in [0.25, 0.3) is 6.47 Å². The molecule has 3 rings (SSSR count). The molecule has 1 atom stereocenters. The number of carboxylic acid groups (broad SMARTS) is 1. The highest BCUT2D eigenvalue weighted by Gasteiger charge is 2.45. The van der Waals surface area contributed by atoms with Crippen molar-refractivity contribution in [3.63, 3.8) is 0 Å². The molecule has 1 amide bonds. The molecule has 1 aliphatic carbocycles. The first kappa shape index (κ1) is 18.2. The molecule has 1 unspecified atom stereocenters. The van der Waals surface area contributed by atoms with Crippen LogP contribution in [0.5, 0.6) is 0 Å². The van der Waals surface area contributed by atoms with Crippen LogP contribution >= 0.6 is 0 Å². The van der Waals surface area contributed by atoms with Crippen LogP contribution in [0.15, 0.2) is 0 Å². The molecule has 23 heavy (non-hydrogen) atoms. The van der Waals surface area contributed by atoms with E-state index in [4.69, 9.17) is 14.6 Å². The number of ether oxygens (including phenoxy) is 1. The van der Waals surface area contributed by atoms with Gasteiger partial charge < -0.3 is 15.2 Å². The summed E-state index contributed by atoms with van der Waals surface area (Å²) in [5, 5.41) is 10.1. The molecule has 0 aromatic heterocycles. The Hall–Kier alpha value is -1.14. The van der Waals surface area contributed by atoms with E-state index in [0.29, 0.717) is 11.8 Å². The lowest BCUT2D eigenvalue weighted by Gasteiger charge is -2.43. The lowest BCUT2D eigenvalue weighted by molar-refractivity contribution is -0.135. The highest BCUT2D eigenvalue weighted by molar-refractivity contribution is 5.86. The van der Waals surface area contributed by atoms with Gasteiger partial charge >= 0.3 is 0 Å². The van der Waals surface area contributed by atoms with Gasteiger partial charge in [-0.25, -0.2) is 0 Å². The molecule has 3 fully saturated rings. The van der Waals surface area contributed by atoms with Gasteiger partial charge in [0, 0.05) is 19.1 Å². The Kier molecular flexibility index (Phi) is 7.30. The smallest absolute Gasteiger partial charge is 0.290 e. The predicted octanol–water partition coefficient (Wildman–Crippen LogP) is 1.64. The molecule has 3 aliphatic rings. The van der Waals surface area contributed by atoms with Gasteiger partial charge in [0.15, 0.2) is 0 Å². The Morgan fingerprint density at radius 2 is 1.87 bits per heavy atom. The minimum absolute atomic E-state index is 0.186. The first-order valence-electron chi connectivity index (χ1n) is 8.92. The van der Waals surface area contributed by atoms with Gasteiger partial charge in [0.1, 0.15) is 5.54 Å². The quantitative estimate of drug-likeness (QED) is 0.768. The Labute approximate surface area is 138 Å². The van der Waals surface area contributed by atoms with Crippen LogP contribution in [0.3, 0.4) is 0 Å². The second-order valence-corrected chi connectivity index (χ2v) is 6.83. The number of hydrogen-bond donors (Lipinski definition) is 2. The van der Waals surface area contributed by atoms with Gasteiger partial charge in [-0.05, 0) is 45.2 Å². The zero-order valence-electron chi connectivity index (χ0n) is 14.0. The van der Waals surface area contributed by atoms with Crippen LogP contribution in [-0.2, 0) is 14.3 Å². The average molecular weight is 326 g/mol. The van der Waals surface area contributed by atoms with Crippen molar-refractivity contribution in [2.24, 2.45) is 5.92 Å². The molecule has 6 heteroatoms. The standard InChI is InChI=1S/C16H28N2O2.CH2O2/c19-15(17-12-14-6-11-20-13-14)16(7-2-1-3-8-16)18-9-4-5-10-18;2-1-3/h14H,1-13H2,(H,17,19);1H,(H,2,3). The average Bonchev–Trinajstić information content (AvgIpc) is 3.27. The second-order valence-electron chi connectivity index (χ2n) is 6.83. The van der Waals surface area contributed by atoms with Crippen molar-refractivity contribution < 1.29 is 19.4 Å². The second kappa shape index (κ2) is 9.23. The summed E-state index contributed by atoms with van der Waals surface area (Å²) >= 11 is 0. The van der Waals surface area contributed by atoms with Crippen LogP contribution < -0.4 is 5.32 Å².